The highest BCUT2D eigenvalue weighted by Crippen LogP contribution is 2.30. The fourth-order valence-electron chi connectivity index (χ4n) is 3.39. The van der Waals surface area contributed by atoms with E-state index in [4.69, 9.17) is 4.74 Å². The van der Waals surface area contributed by atoms with Gasteiger partial charge in [-0.15, -0.1) is 0 Å². The van der Waals surface area contributed by atoms with Gasteiger partial charge in [-0.05, 0) is 49.9 Å². The van der Waals surface area contributed by atoms with E-state index in [9.17, 15) is 4.79 Å². The van der Waals surface area contributed by atoms with Gasteiger partial charge in [0.05, 0.1) is 0 Å². The van der Waals surface area contributed by atoms with Gasteiger partial charge >= 0.3 is 0 Å². The Bertz CT molecular complexity index is 726. The number of carbonyl (C=O) groups is 1. The van der Waals surface area contributed by atoms with Crippen LogP contribution in [0.1, 0.15) is 29.8 Å². The SMILES string of the molecule is O=C(c1ccn(COc2ccccc2)n1)N1CCCN(CC2CC2)CC1. The Labute approximate surface area is 154 Å². The number of ether oxygens (including phenoxy) is 1. The second-order valence-electron chi connectivity index (χ2n) is 7.22. The van der Waals surface area contributed by atoms with Crippen molar-refractivity contribution in [2.75, 3.05) is 32.7 Å². The number of aromatic nitrogens is 2. The predicted octanol–water partition coefficient (Wildman–Crippen LogP) is 2.48. The maximum atomic E-state index is 12.8. The first-order chi connectivity index (χ1) is 12.8. The number of amides is 1. The molecule has 1 amide bonds. The zero-order valence-electron chi connectivity index (χ0n) is 15.1. The summed E-state index contributed by atoms with van der Waals surface area (Å²) in [6.45, 7) is 5.17. The highest BCUT2D eigenvalue weighted by Gasteiger charge is 2.27. The summed E-state index contributed by atoms with van der Waals surface area (Å²) in [4.78, 5) is 17.2. The molecule has 26 heavy (non-hydrogen) atoms. The third-order valence-electron chi connectivity index (χ3n) is 5.06. The van der Waals surface area contributed by atoms with Crippen molar-refractivity contribution in [1.29, 1.82) is 0 Å². The third kappa shape index (κ3) is 4.43. The van der Waals surface area contributed by atoms with Crippen molar-refractivity contribution in [2.24, 2.45) is 5.92 Å². The molecule has 138 valence electrons. The molecule has 2 aliphatic rings. The Morgan fingerprint density at radius 2 is 1.92 bits per heavy atom. The van der Waals surface area contributed by atoms with E-state index in [0.29, 0.717) is 12.4 Å². The van der Waals surface area contributed by atoms with Crippen LogP contribution in [0, 0.1) is 5.92 Å². The van der Waals surface area contributed by atoms with E-state index in [1.165, 1.54) is 19.4 Å². The minimum Gasteiger partial charge on any atom is -0.471 e. The molecule has 2 heterocycles. The third-order valence-corrected chi connectivity index (χ3v) is 5.06. The average Bonchev–Trinajstić information content (AvgIpc) is 3.41. The summed E-state index contributed by atoms with van der Waals surface area (Å²) < 4.78 is 7.34. The summed E-state index contributed by atoms with van der Waals surface area (Å²) in [5.41, 5.74) is 0.498. The Morgan fingerprint density at radius 3 is 2.73 bits per heavy atom. The van der Waals surface area contributed by atoms with Crippen LogP contribution in [-0.4, -0.2) is 58.2 Å². The Hall–Kier alpha value is -2.34. The zero-order chi connectivity index (χ0) is 17.8. The lowest BCUT2D eigenvalue weighted by Gasteiger charge is -2.21. The number of nitrogens with zero attached hydrogens (tertiary/aromatic N) is 4. The van der Waals surface area contributed by atoms with E-state index in [2.05, 4.69) is 10.00 Å². The molecular formula is C20H26N4O2. The van der Waals surface area contributed by atoms with Crippen LogP contribution in [0.3, 0.4) is 0 Å². The minimum absolute atomic E-state index is 0.0248. The summed E-state index contributed by atoms with van der Waals surface area (Å²) in [5.74, 6) is 1.72. The fourth-order valence-corrected chi connectivity index (χ4v) is 3.39. The van der Waals surface area contributed by atoms with E-state index in [0.717, 1.165) is 44.3 Å². The average molecular weight is 354 g/mol. The molecule has 6 nitrogen and oxygen atoms in total. The zero-order valence-corrected chi connectivity index (χ0v) is 15.1. The van der Waals surface area contributed by atoms with Crippen molar-refractivity contribution in [1.82, 2.24) is 19.6 Å². The molecule has 0 atom stereocenters. The van der Waals surface area contributed by atoms with Crippen LogP contribution in [0.15, 0.2) is 42.6 Å². The number of hydrogen-bond donors (Lipinski definition) is 0. The second-order valence-corrected chi connectivity index (χ2v) is 7.22. The lowest BCUT2D eigenvalue weighted by molar-refractivity contribution is 0.0753. The summed E-state index contributed by atoms with van der Waals surface area (Å²) in [6, 6.07) is 11.4. The van der Waals surface area contributed by atoms with E-state index < -0.39 is 0 Å². The van der Waals surface area contributed by atoms with Gasteiger partial charge in [0.2, 0.25) is 0 Å². The molecule has 4 rings (SSSR count). The normalized spacial score (nSPS) is 18.5. The van der Waals surface area contributed by atoms with Crippen molar-refractivity contribution in [3.05, 3.63) is 48.3 Å². The van der Waals surface area contributed by atoms with Gasteiger partial charge in [0.1, 0.15) is 5.75 Å². The first-order valence-electron chi connectivity index (χ1n) is 9.51. The van der Waals surface area contributed by atoms with Crippen LogP contribution in [0.5, 0.6) is 5.75 Å². The van der Waals surface area contributed by atoms with Gasteiger partial charge in [0.15, 0.2) is 12.4 Å². The van der Waals surface area contributed by atoms with E-state index in [-0.39, 0.29) is 5.91 Å². The molecule has 1 saturated heterocycles. The molecule has 0 bridgehead atoms. The fraction of sp³-hybridized carbons (Fsp3) is 0.500. The Morgan fingerprint density at radius 1 is 1.08 bits per heavy atom. The van der Waals surface area contributed by atoms with E-state index >= 15 is 0 Å². The molecule has 1 aromatic carbocycles. The predicted molar refractivity (Wildman–Crippen MR) is 99.0 cm³/mol. The monoisotopic (exact) mass is 354 g/mol. The summed E-state index contributed by atoms with van der Waals surface area (Å²) >= 11 is 0. The molecule has 0 N–H and O–H groups in total. The first kappa shape index (κ1) is 17.1. The molecule has 0 radical (unpaired) electrons. The van der Waals surface area contributed by atoms with Gasteiger partial charge < -0.3 is 14.5 Å². The van der Waals surface area contributed by atoms with Gasteiger partial charge in [-0.3, -0.25) is 4.79 Å². The lowest BCUT2D eigenvalue weighted by atomic mass is 10.3. The molecule has 2 aromatic rings. The van der Waals surface area contributed by atoms with Crippen molar-refractivity contribution in [3.8, 4) is 5.75 Å². The van der Waals surface area contributed by atoms with Crippen LogP contribution in [0.2, 0.25) is 0 Å². The largest absolute Gasteiger partial charge is 0.471 e. The van der Waals surface area contributed by atoms with Crippen LogP contribution in [-0.2, 0) is 6.73 Å². The maximum Gasteiger partial charge on any atom is 0.274 e. The number of hydrogen-bond acceptors (Lipinski definition) is 4. The molecule has 1 saturated carbocycles. The van der Waals surface area contributed by atoms with Crippen molar-refractivity contribution in [3.63, 3.8) is 0 Å². The van der Waals surface area contributed by atoms with Crippen molar-refractivity contribution in [2.45, 2.75) is 26.0 Å². The quantitative estimate of drug-likeness (QED) is 0.800. The van der Waals surface area contributed by atoms with Crippen molar-refractivity contribution < 1.29 is 9.53 Å². The molecule has 0 spiro atoms. The second kappa shape index (κ2) is 7.91. The number of rotatable bonds is 6. The number of carbonyl (C=O) groups excluding carboxylic acids is 1. The van der Waals surface area contributed by atoms with Gasteiger partial charge in [0.25, 0.3) is 5.91 Å². The lowest BCUT2D eigenvalue weighted by Crippen LogP contribution is -2.36. The number of para-hydroxylation sites is 1. The van der Waals surface area contributed by atoms with E-state index in [1.807, 2.05) is 35.2 Å². The van der Waals surface area contributed by atoms with E-state index in [1.54, 1.807) is 16.9 Å². The smallest absolute Gasteiger partial charge is 0.274 e. The molecule has 1 aliphatic heterocycles. The molecular weight excluding hydrogens is 328 g/mol. The van der Waals surface area contributed by atoms with Crippen LogP contribution >= 0.6 is 0 Å². The molecule has 2 fully saturated rings. The Kier molecular flexibility index (Phi) is 5.20. The maximum absolute atomic E-state index is 12.8. The molecule has 1 aliphatic carbocycles. The minimum atomic E-state index is 0.0248. The molecule has 0 unspecified atom stereocenters. The summed E-state index contributed by atoms with van der Waals surface area (Å²) in [7, 11) is 0. The highest BCUT2D eigenvalue weighted by atomic mass is 16.5. The van der Waals surface area contributed by atoms with Gasteiger partial charge in [-0.1, -0.05) is 18.2 Å². The van der Waals surface area contributed by atoms with Crippen LogP contribution in [0.25, 0.3) is 0 Å². The van der Waals surface area contributed by atoms with Gasteiger partial charge in [-0.2, -0.15) is 5.10 Å². The van der Waals surface area contributed by atoms with Gasteiger partial charge in [0, 0.05) is 32.4 Å². The van der Waals surface area contributed by atoms with Crippen LogP contribution < -0.4 is 4.74 Å². The summed E-state index contributed by atoms with van der Waals surface area (Å²) in [6.07, 6.45) is 5.59. The summed E-state index contributed by atoms with van der Waals surface area (Å²) in [5, 5.41) is 4.40. The Balaban J connectivity index is 1.30. The highest BCUT2D eigenvalue weighted by molar-refractivity contribution is 5.92. The van der Waals surface area contributed by atoms with Gasteiger partial charge in [-0.25, -0.2) is 4.68 Å². The number of benzene rings is 1. The standard InChI is InChI=1S/C20H26N4O2/c25-20(23-11-4-10-22(13-14-23)15-17-7-8-17)19-9-12-24(21-19)16-26-18-5-2-1-3-6-18/h1-3,5-6,9,12,17H,4,7-8,10-11,13-16H2. The first-order valence-corrected chi connectivity index (χ1v) is 9.51. The molecule has 6 heteroatoms. The molecule has 1 aromatic heterocycles. The van der Waals surface area contributed by atoms with Crippen molar-refractivity contribution >= 4 is 5.91 Å². The van der Waals surface area contributed by atoms with Crippen LogP contribution in [0.4, 0.5) is 0 Å². The topological polar surface area (TPSA) is 50.6 Å².